The zero-order chi connectivity index (χ0) is 9.42. The molecular weight excluding hydrogens is 250 g/mol. The molecule has 1 heterocycles. The van der Waals surface area contributed by atoms with Gasteiger partial charge in [0.15, 0.2) is 0 Å². The highest BCUT2D eigenvalue weighted by atomic mass is 79.9. The second-order valence-corrected chi connectivity index (χ2v) is 4.36. The molecule has 1 aromatic carbocycles. The third-order valence-corrected chi connectivity index (χ3v) is 3.22. The lowest BCUT2D eigenvalue weighted by Gasteiger charge is -1.95. The molecule has 64 valence electrons. The average Bonchev–Trinajstić information content (AvgIpc) is 2.47. The maximum Gasteiger partial charge on any atom is 0.134 e. The predicted molar refractivity (Wildman–Crippen MR) is 55.9 cm³/mol. The summed E-state index contributed by atoms with van der Waals surface area (Å²) in [7, 11) is 0. The number of thiophene rings is 1. The highest BCUT2D eigenvalue weighted by Crippen LogP contribution is 2.35. The Balaban J connectivity index is 2.92. The van der Waals surface area contributed by atoms with Crippen LogP contribution in [0.1, 0.15) is 5.56 Å². The zero-order valence-corrected chi connectivity index (χ0v) is 8.82. The molecule has 0 atom stereocenters. The first kappa shape index (κ1) is 8.54. The van der Waals surface area contributed by atoms with Gasteiger partial charge in [-0.1, -0.05) is 15.9 Å². The minimum absolute atomic E-state index is 0.218. The van der Waals surface area contributed by atoms with Crippen molar-refractivity contribution in [1.82, 2.24) is 0 Å². The largest absolute Gasteiger partial charge is 0.506 e. The summed E-state index contributed by atoms with van der Waals surface area (Å²) in [6.07, 6.45) is 0. The van der Waals surface area contributed by atoms with Crippen molar-refractivity contribution < 1.29 is 5.11 Å². The van der Waals surface area contributed by atoms with Crippen LogP contribution in [0.15, 0.2) is 22.0 Å². The number of aromatic hydroxyl groups is 1. The summed E-state index contributed by atoms with van der Waals surface area (Å²) in [6.45, 7) is 0. The van der Waals surface area contributed by atoms with Crippen molar-refractivity contribution in [3.63, 3.8) is 0 Å². The van der Waals surface area contributed by atoms with E-state index in [-0.39, 0.29) is 5.75 Å². The van der Waals surface area contributed by atoms with E-state index in [2.05, 4.69) is 22.0 Å². The molecule has 0 saturated carbocycles. The van der Waals surface area contributed by atoms with Crippen LogP contribution in [0.2, 0.25) is 0 Å². The van der Waals surface area contributed by atoms with Crippen molar-refractivity contribution in [2.45, 2.75) is 0 Å². The molecule has 4 heteroatoms. The highest BCUT2D eigenvalue weighted by Gasteiger charge is 2.07. The molecule has 0 unspecified atom stereocenters. The first-order chi connectivity index (χ1) is 6.22. The Kier molecular flexibility index (Phi) is 1.98. The molecule has 0 fully saturated rings. The van der Waals surface area contributed by atoms with Crippen molar-refractivity contribution in [1.29, 1.82) is 5.26 Å². The predicted octanol–water partition coefficient (Wildman–Crippen LogP) is 3.24. The van der Waals surface area contributed by atoms with Crippen molar-refractivity contribution >= 4 is 37.4 Å². The Morgan fingerprint density at radius 1 is 1.46 bits per heavy atom. The van der Waals surface area contributed by atoms with Gasteiger partial charge in [0.25, 0.3) is 0 Å². The Bertz CT molecular complexity index is 512. The third-order valence-electron chi connectivity index (χ3n) is 1.74. The molecule has 2 nitrogen and oxygen atoms in total. The monoisotopic (exact) mass is 253 g/mol. The van der Waals surface area contributed by atoms with E-state index < -0.39 is 0 Å². The number of halogens is 1. The fourth-order valence-electron chi connectivity index (χ4n) is 1.17. The second-order valence-electron chi connectivity index (χ2n) is 2.56. The van der Waals surface area contributed by atoms with Gasteiger partial charge in [-0.05, 0) is 12.1 Å². The number of phenols is 1. The molecule has 0 radical (unpaired) electrons. The van der Waals surface area contributed by atoms with E-state index in [4.69, 9.17) is 5.26 Å². The van der Waals surface area contributed by atoms with E-state index in [9.17, 15) is 5.11 Å². The molecule has 0 saturated heterocycles. The van der Waals surface area contributed by atoms with Gasteiger partial charge < -0.3 is 5.11 Å². The molecule has 0 aliphatic rings. The van der Waals surface area contributed by atoms with Crippen molar-refractivity contribution in [2.24, 2.45) is 0 Å². The summed E-state index contributed by atoms with van der Waals surface area (Å²) < 4.78 is 1.55. The quantitative estimate of drug-likeness (QED) is 0.784. The van der Waals surface area contributed by atoms with E-state index in [1.54, 1.807) is 11.4 Å². The molecule has 1 aromatic heterocycles. The smallest absolute Gasteiger partial charge is 0.134 e. The van der Waals surface area contributed by atoms with Gasteiger partial charge in [0.2, 0.25) is 0 Å². The summed E-state index contributed by atoms with van der Waals surface area (Å²) in [5.41, 5.74) is 0.608. The maximum atomic E-state index is 9.53. The number of rotatable bonds is 0. The lowest BCUT2D eigenvalue weighted by Crippen LogP contribution is -1.71. The molecule has 0 spiro atoms. The van der Waals surface area contributed by atoms with Gasteiger partial charge >= 0.3 is 0 Å². The van der Waals surface area contributed by atoms with Crippen LogP contribution in [-0.4, -0.2) is 5.11 Å². The minimum atomic E-state index is 0.218. The van der Waals surface area contributed by atoms with Crippen LogP contribution in [0.25, 0.3) is 10.1 Å². The molecule has 0 bridgehead atoms. The first-order valence-corrected chi connectivity index (χ1v) is 5.19. The van der Waals surface area contributed by atoms with Crippen LogP contribution >= 0.6 is 27.3 Å². The van der Waals surface area contributed by atoms with Crippen LogP contribution in [0.4, 0.5) is 0 Å². The van der Waals surface area contributed by atoms with Crippen LogP contribution in [0.5, 0.6) is 5.75 Å². The van der Waals surface area contributed by atoms with Gasteiger partial charge in [-0.3, -0.25) is 0 Å². The average molecular weight is 254 g/mol. The zero-order valence-electron chi connectivity index (χ0n) is 6.41. The molecule has 2 aromatic rings. The van der Waals surface area contributed by atoms with Crippen LogP contribution in [-0.2, 0) is 0 Å². The van der Waals surface area contributed by atoms with Crippen molar-refractivity contribution in [3.05, 3.63) is 27.5 Å². The van der Waals surface area contributed by atoms with Crippen LogP contribution < -0.4 is 0 Å². The van der Waals surface area contributed by atoms with Gasteiger partial charge in [-0.15, -0.1) is 11.3 Å². The molecule has 0 aliphatic carbocycles. The SMILES string of the molecule is N#Cc1csc2c(O)cc(Br)cc12. The van der Waals surface area contributed by atoms with Gasteiger partial charge in [0, 0.05) is 15.2 Å². The number of nitrogens with zero attached hydrogens (tertiary/aromatic N) is 1. The standard InChI is InChI=1S/C9H4BrNOS/c10-6-1-7-5(3-11)4-13-9(7)8(12)2-6/h1-2,4,12H. The van der Waals surface area contributed by atoms with Gasteiger partial charge in [-0.25, -0.2) is 0 Å². The Morgan fingerprint density at radius 3 is 2.92 bits per heavy atom. The van der Waals surface area contributed by atoms with E-state index >= 15 is 0 Å². The van der Waals surface area contributed by atoms with E-state index in [0.717, 1.165) is 14.6 Å². The third kappa shape index (κ3) is 1.30. The molecule has 1 N–H and O–H groups in total. The molecule has 2 rings (SSSR count). The Hall–Kier alpha value is -1.05. The summed E-state index contributed by atoms with van der Waals surface area (Å²) in [5.74, 6) is 0.218. The lowest BCUT2D eigenvalue weighted by atomic mass is 10.2. The molecule has 0 aliphatic heterocycles. The molecule has 0 amide bonds. The summed E-state index contributed by atoms with van der Waals surface area (Å²) >= 11 is 4.65. The fraction of sp³-hybridized carbons (Fsp3) is 0. The normalized spacial score (nSPS) is 10.2. The van der Waals surface area contributed by atoms with Gasteiger partial charge in [-0.2, -0.15) is 5.26 Å². The first-order valence-electron chi connectivity index (χ1n) is 3.52. The second kappa shape index (κ2) is 3.02. The molecular formula is C9H4BrNOS. The number of hydrogen-bond donors (Lipinski definition) is 1. The van der Waals surface area contributed by atoms with Crippen LogP contribution in [0.3, 0.4) is 0 Å². The van der Waals surface area contributed by atoms with Gasteiger partial charge in [0.05, 0.1) is 10.3 Å². The van der Waals surface area contributed by atoms with Crippen LogP contribution in [0, 0.1) is 11.3 Å². The summed E-state index contributed by atoms with van der Waals surface area (Å²) in [6, 6.07) is 5.55. The lowest BCUT2D eigenvalue weighted by molar-refractivity contribution is 0.482. The Morgan fingerprint density at radius 2 is 2.23 bits per heavy atom. The number of hydrogen-bond acceptors (Lipinski definition) is 3. The Labute approximate surface area is 87.2 Å². The number of nitriles is 1. The van der Waals surface area contributed by atoms with Crippen molar-refractivity contribution in [3.8, 4) is 11.8 Å². The van der Waals surface area contributed by atoms with Gasteiger partial charge in [0.1, 0.15) is 11.8 Å². The number of benzene rings is 1. The number of fused-ring (bicyclic) bond motifs is 1. The fourth-order valence-corrected chi connectivity index (χ4v) is 2.51. The van der Waals surface area contributed by atoms with E-state index in [0.29, 0.717) is 5.56 Å². The van der Waals surface area contributed by atoms with E-state index in [1.807, 2.05) is 6.07 Å². The maximum absolute atomic E-state index is 9.53. The minimum Gasteiger partial charge on any atom is -0.506 e. The summed E-state index contributed by atoms with van der Waals surface area (Å²) in [5, 5.41) is 20.8. The van der Waals surface area contributed by atoms with E-state index in [1.165, 1.54) is 11.3 Å². The van der Waals surface area contributed by atoms with Crippen molar-refractivity contribution in [2.75, 3.05) is 0 Å². The number of phenolic OH excluding ortho intramolecular Hbond substituents is 1. The topological polar surface area (TPSA) is 44.0 Å². The summed E-state index contributed by atoms with van der Waals surface area (Å²) in [4.78, 5) is 0. The molecule has 13 heavy (non-hydrogen) atoms. The highest BCUT2D eigenvalue weighted by molar-refractivity contribution is 9.10.